The Morgan fingerprint density at radius 3 is 2.51 bits per heavy atom. The number of nitrogens with one attached hydrogen (secondary N) is 2. The molecule has 2 fully saturated rings. The zero-order chi connectivity index (χ0) is 29.4. The first kappa shape index (κ1) is 29.0. The average Bonchev–Trinajstić information content (AvgIpc) is 3.58. The molecule has 222 valence electrons. The van der Waals surface area contributed by atoms with Crippen molar-refractivity contribution in [1.29, 1.82) is 0 Å². The third-order valence-corrected chi connectivity index (χ3v) is 8.56. The van der Waals surface area contributed by atoms with Crippen LogP contribution < -0.4 is 10.6 Å². The van der Waals surface area contributed by atoms with E-state index >= 15 is 0 Å². The summed E-state index contributed by atoms with van der Waals surface area (Å²) in [5.41, 5.74) is 4.22. The molecule has 1 aromatic heterocycles. The Labute approximate surface area is 253 Å². The average molecular weight is 578 g/mol. The van der Waals surface area contributed by atoms with E-state index in [1.165, 1.54) is 16.6 Å². The van der Waals surface area contributed by atoms with Gasteiger partial charge in [-0.2, -0.15) is 0 Å². The van der Waals surface area contributed by atoms with Gasteiger partial charge in [0.1, 0.15) is 6.61 Å². The van der Waals surface area contributed by atoms with Crippen LogP contribution >= 0.6 is 0 Å². The van der Waals surface area contributed by atoms with E-state index in [0.717, 1.165) is 56.0 Å². The molecular formula is C36H39N3O4. The molecular weight excluding hydrogens is 538 g/mol. The van der Waals surface area contributed by atoms with Gasteiger partial charge in [0.25, 0.3) is 0 Å². The minimum absolute atomic E-state index is 0.0211. The minimum atomic E-state index is -0.422. The van der Waals surface area contributed by atoms with Crippen molar-refractivity contribution in [2.24, 2.45) is 0 Å². The Morgan fingerprint density at radius 1 is 0.860 bits per heavy atom. The second-order valence-electron chi connectivity index (χ2n) is 11.7. The molecule has 2 aliphatic rings. The molecule has 6 rings (SSSR count). The smallest absolute Gasteiger partial charge is 0.338 e. The second-order valence-corrected chi connectivity index (χ2v) is 11.7. The molecule has 43 heavy (non-hydrogen) atoms. The molecule has 2 N–H and O–H groups in total. The molecule has 1 saturated carbocycles. The number of hydrogen-bond donors (Lipinski definition) is 2. The van der Waals surface area contributed by atoms with Crippen molar-refractivity contribution in [3.8, 4) is 0 Å². The standard InChI is InChI=1S/C36H39N3O4/c40-35(27-7-2-8-28(21-27)36(41)43-24-32-10-4-18-42-32)20-25-5-1-6-26(19-25)22-38-30-12-14-31(15-13-30)39-34-11-3-9-29-23-37-17-16-33(29)34/h1-3,5-9,11,16-17,19,21,23,30-32,38-39H,4,10,12-15,18,20,22,24H2. The molecule has 0 bridgehead atoms. The molecule has 0 radical (unpaired) electrons. The molecule has 0 spiro atoms. The summed E-state index contributed by atoms with van der Waals surface area (Å²) in [6.07, 6.45) is 10.4. The number of carbonyl (C=O) groups excluding carboxylic acids is 2. The topological polar surface area (TPSA) is 89.6 Å². The molecule has 1 unspecified atom stereocenters. The fourth-order valence-electron chi connectivity index (χ4n) is 6.16. The summed E-state index contributed by atoms with van der Waals surface area (Å²) in [5, 5.41) is 9.88. The molecule has 1 aliphatic carbocycles. The number of esters is 1. The lowest BCUT2D eigenvalue weighted by atomic mass is 9.90. The highest BCUT2D eigenvalue weighted by atomic mass is 16.6. The van der Waals surface area contributed by atoms with Crippen molar-refractivity contribution in [1.82, 2.24) is 10.3 Å². The highest BCUT2D eigenvalue weighted by Gasteiger charge is 2.22. The van der Waals surface area contributed by atoms with Gasteiger partial charge < -0.3 is 20.1 Å². The highest BCUT2D eigenvalue weighted by Crippen LogP contribution is 2.27. The lowest BCUT2D eigenvalue weighted by molar-refractivity contribution is 0.0161. The fourth-order valence-corrected chi connectivity index (χ4v) is 6.16. The van der Waals surface area contributed by atoms with Crippen LogP contribution in [-0.4, -0.2) is 48.1 Å². The van der Waals surface area contributed by atoms with Crippen molar-refractivity contribution < 1.29 is 19.1 Å². The zero-order valence-electron chi connectivity index (χ0n) is 24.5. The number of hydrogen-bond acceptors (Lipinski definition) is 7. The van der Waals surface area contributed by atoms with E-state index in [9.17, 15) is 9.59 Å². The summed E-state index contributed by atoms with van der Waals surface area (Å²) in [7, 11) is 0. The van der Waals surface area contributed by atoms with Gasteiger partial charge in [-0.1, -0.05) is 48.5 Å². The third-order valence-electron chi connectivity index (χ3n) is 8.56. The number of pyridine rings is 1. The Bertz CT molecular complexity index is 1550. The van der Waals surface area contributed by atoms with E-state index in [2.05, 4.69) is 52.0 Å². The molecule has 0 amide bonds. The number of nitrogens with zero attached hydrogens (tertiary/aromatic N) is 1. The van der Waals surface area contributed by atoms with Crippen molar-refractivity contribution in [2.45, 2.75) is 69.7 Å². The van der Waals surface area contributed by atoms with Gasteiger partial charge in [0, 0.05) is 66.1 Å². The first-order chi connectivity index (χ1) is 21.1. The zero-order valence-corrected chi connectivity index (χ0v) is 24.5. The van der Waals surface area contributed by atoms with E-state index in [1.807, 2.05) is 24.5 Å². The van der Waals surface area contributed by atoms with Crippen LogP contribution in [0.5, 0.6) is 0 Å². The monoisotopic (exact) mass is 577 g/mol. The number of aromatic nitrogens is 1. The SMILES string of the molecule is O=C(Cc1cccc(CNC2CCC(Nc3cccc4cnccc34)CC2)c1)c1cccc(C(=O)OCC2CCCO2)c1. The number of ketones is 1. The molecule has 1 aliphatic heterocycles. The summed E-state index contributed by atoms with van der Waals surface area (Å²) in [6, 6.07) is 24.4. The molecule has 4 aromatic rings. The Balaban J connectivity index is 0.972. The maximum absolute atomic E-state index is 13.1. The van der Waals surface area contributed by atoms with Crippen LogP contribution in [0.25, 0.3) is 10.8 Å². The number of ether oxygens (including phenoxy) is 2. The summed E-state index contributed by atoms with van der Waals surface area (Å²) in [4.78, 5) is 29.9. The number of fused-ring (bicyclic) bond motifs is 1. The van der Waals surface area contributed by atoms with E-state index in [0.29, 0.717) is 29.8 Å². The molecule has 3 aromatic carbocycles. The van der Waals surface area contributed by atoms with Crippen LogP contribution in [0, 0.1) is 0 Å². The molecule has 1 saturated heterocycles. The van der Waals surface area contributed by atoms with Crippen molar-refractivity contribution in [2.75, 3.05) is 18.5 Å². The fraction of sp³-hybridized carbons (Fsp3) is 0.361. The van der Waals surface area contributed by atoms with Crippen LogP contribution in [0.2, 0.25) is 0 Å². The Hall–Kier alpha value is -4.07. The maximum Gasteiger partial charge on any atom is 0.338 e. The highest BCUT2D eigenvalue weighted by molar-refractivity contribution is 6.00. The van der Waals surface area contributed by atoms with Gasteiger partial charge in [-0.25, -0.2) is 4.79 Å². The van der Waals surface area contributed by atoms with E-state index in [1.54, 1.807) is 24.3 Å². The van der Waals surface area contributed by atoms with Crippen LogP contribution in [-0.2, 0) is 22.4 Å². The number of anilines is 1. The van der Waals surface area contributed by atoms with Gasteiger partial charge in [0.15, 0.2) is 5.78 Å². The number of rotatable bonds is 11. The molecule has 2 heterocycles. The van der Waals surface area contributed by atoms with Crippen molar-refractivity contribution in [3.05, 3.63) is 107 Å². The van der Waals surface area contributed by atoms with Gasteiger partial charge in [0.2, 0.25) is 0 Å². The first-order valence-corrected chi connectivity index (χ1v) is 15.4. The van der Waals surface area contributed by atoms with Crippen LogP contribution in [0.4, 0.5) is 5.69 Å². The predicted molar refractivity (Wildman–Crippen MR) is 168 cm³/mol. The van der Waals surface area contributed by atoms with Crippen LogP contribution in [0.15, 0.2) is 85.2 Å². The predicted octanol–water partition coefficient (Wildman–Crippen LogP) is 6.51. The lowest BCUT2D eigenvalue weighted by Gasteiger charge is -2.30. The number of benzene rings is 3. The van der Waals surface area contributed by atoms with E-state index < -0.39 is 5.97 Å². The Kier molecular flexibility index (Phi) is 9.40. The normalized spacial score (nSPS) is 20.1. The maximum atomic E-state index is 13.1. The third kappa shape index (κ3) is 7.66. The first-order valence-electron chi connectivity index (χ1n) is 15.4. The summed E-state index contributed by atoms with van der Waals surface area (Å²) < 4.78 is 10.9. The second kappa shape index (κ2) is 13.9. The largest absolute Gasteiger partial charge is 0.459 e. The van der Waals surface area contributed by atoms with Crippen LogP contribution in [0.3, 0.4) is 0 Å². The van der Waals surface area contributed by atoms with Gasteiger partial charge in [0.05, 0.1) is 11.7 Å². The summed E-state index contributed by atoms with van der Waals surface area (Å²) >= 11 is 0. The molecule has 7 heteroatoms. The van der Waals surface area contributed by atoms with Gasteiger partial charge in [-0.3, -0.25) is 9.78 Å². The summed E-state index contributed by atoms with van der Waals surface area (Å²) in [5.74, 6) is -0.443. The van der Waals surface area contributed by atoms with Crippen LogP contribution in [0.1, 0.15) is 70.4 Å². The van der Waals surface area contributed by atoms with Crippen molar-refractivity contribution >= 4 is 28.2 Å². The quantitative estimate of drug-likeness (QED) is 0.155. The Morgan fingerprint density at radius 2 is 1.65 bits per heavy atom. The minimum Gasteiger partial charge on any atom is -0.459 e. The molecule has 7 nitrogen and oxygen atoms in total. The van der Waals surface area contributed by atoms with Crippen molar-refractivity contribution in [3.63, 3.8) is 0 Å². The van der Waals surface area contributed by atoms with E-state index in [-0.39, 0.29) is 24.9 Å². The number of carbonyl (C=O) groups is 2. The molecule has 1 atom stereocenters. The number of Topliss-reactive ketones (excluding diaryl/α,β-unsaturated/α-hetero) is 1. The van der Waals surface area contributed by atoms with Gasteiger partial charge >= 0.3 is 5.97 Å². The van der Waals surface area contributed by atoms with E-state index in [4.69, 9.17) is 9.47 Å². The lowest BCUT2D eigenvalue weighted by Crippen LogP contribution is -2.36. The van der Waals surface area contributed by atoms with Gasteiger partial charge in [-0.15, -0.1) is 0 Å². The van der Waals surface area contributed by atoms with Gasteiger partial charge in [-0.05, 0) is 73.9 Å². The summed E-state index contributed by atoms with van der Waals surface area (Å²) in [6.45, 7) is 1.74.